The lowest BCUT2D eigenvalue weighted by Crippen LogP contribution is -2.51. The summed E-state index contributed by atoms with van der Waals surface area (Å²) in [4.78, 5) is 26.4. The number of likely N-dealkylation sites (tertiary alicyclic amines) is 1. The van der Waals surface area contributed by atoms with Gasteiger partial charge in [0.2, 0.25) is 0 Å². The number of aromatic nitrogens is 1. The van der Waals surface area contributed by atoms with E-state index < -0.39 is 0 Å². The minimum atomic E-state index is -0.343. The molecule has 1 aromatic heterocycles. The Morgan fingerprint density at radius 3 is 2.41 bits per heavy atom. The number of allylic oxidation sites excluding steroid dienone is 5. The second kappa shape index (κ2) is 11.5. The second-order valence-corrected chi connectivity index (χ2v) is 8.34. The van der Waals surface area contributed by atoms with E-state index >= 15 is 0 Å². The first-order chi connectivity index (χ1) is 16.5. The maximum Gasteiger partial charge on any atom is 0.410 e. The molecule has 1 fully saturated rings. The van der Waals surface area contributed by atoms with E-state index in [0.717, 1.165) is 29.8 Å². The highest BCUT2D eigenvalue weighted by Gasteiger charge is 2.39. The van der Waals surface area contributed by atoms with Gasteiger partial charge < -0.3 is 19.5 Å². The van der Waals surface area contributed by atoms with Crippen molar-refractivity contribution in [2.24, 2.45) is 0 Å². The molecular formula is C28H35N3O3. The SMILES string of the molecule is CC.CC(=O)C1=C/C=C(\C)n2cccc2C2(CCN(C(=O)OCc3ccccc3)CC2)N\C=C\1. The van der Waals surface area contributed by atoms with Crippen molar-refractivity contribution in [2.45, 2.75) is 52.7 Å². The zero-order chi connectivity index (χ0) is 24.6. The molecule has 0 unspecified atom stereocenters. The molecule has 0 radical (unpaired) electrons. The fraction of sp³-hybridized carbons (Fsp3) is 0.357. The molecule has 4 rings (SSSR count). The van der Waals surface area contributed by atoms with E-state index in [1.165, 1.54) is 0 Å². The molecule has 2 aliphatic heterocycles. The Morgan fingerprint density at radius 2 is 1.74 bits per heavy atom. The molecule has 1 aromatic carbocycles. The van der Waals surface area contributed by atoms with Crippen LogP contribution >= 0.6 is 0 Å². The summed E-state index contributed by atoms with van der Waals surface area (Å²) in [6.07, 6.45) is 10.7. The van der Waals surface area contributed by atoms with Crippen LogP contribution in [-0.4, -0.2) is 34.4 Å². The molecule has 0 saturated carbocycles. The molecule has 0 bridgehead atoms. The standard InChI is InChI=1S/C26H29N3O3.C2H6/c1-20-10-11-23(21(2)30)12-15-27-26(24-9-6-16-29(20)24)13-17-28(18-14-26)25(31)32-19-22-7-4-3-5-8-22;1-2/h3-12,15-16,27H,13-14,17-19H2,1-2H3;1-2H3/b15-12+,20-10+,23-11+;. The highest BCUT2D eigenvalue weighted by atomic mass is 16.6. The number of Topliss-reactive ketones (excluding diaryl/α,β-unsaturated/α-hetero) is 1. The van der Waals surface area contributed by atoms with Gasteiger partial charge in [0.25, 0.3) is 0 Å². The van der Waals surface area contributed by atoms with Crippen LogP contribution in [0.5, 0.6) is 0 Å². The van der Waals surface area contributed by atoms with E-state index in [0.29, 0.717) is 18.7 Å². The lowest BCUT2D eigenvalue weighted by molar-refractivity contribution is -0.113. The molecule has 3 heterocycles. The van der Waals surface area contributed by atoms with Crippen LogP contribution in [0.2, 0.25) is 0 Å². The highest BCUT2D eigenvalue weighted by Crippen LogP contribution is 2.35. The van der Waals surface area contributed by atoms with Crippen LogP contribution in [0.4, 0.5) is 4.79 Å². The molecule has 0 aliphatic carbocycles. The predicted molar refractivity (Wildman–Crippen MR) is 136 cm³/mol. The van der Waals surface area contributed by atoms with Crippen molar-refractivity contribution in [3.63, 3.8) is 0 Å². The van der Waals surface area contributed by atoms with Gasteiger partial charge in [0.05, 0.1) is 5.54 Å². The van der Waals surface area contributed by atoms with Crippen molar-refractivity contribution in [1.29, 1.82) is 0 Å². The van der Waals surface area contributed by atoms with E-state index in [1.807, 2.05) is 87.8 Å². The molecule has 180 valence electrons. The van der Waals surface area contributed by atoms with Crippen LogP contribution in [-0.2, 0) is 21.7 Å². The smallest absolute Gasteiger partial charge is 0.410 e. The molecule has 1 amide bonds. The number of amides is 1. The maximum absolute atomic E-state index is 12.6. The average Bonchev–Trinajstić information content (AvgIpc) is 3.37. The van der Waals surface area contributed by atoms with Crippen LogP contribution in [0, 0.1) is 0 Å². The van der Waals surface area contributed by atoms with E-state index in [1.54, 1.807) is 11.8 Å². The normalized spacial score (nSPS) is 20.8. The zero-order valence-corrected chi connectivity index (χ0v) is 20.6. The summed E-state index contributed by atoms with van der Waals surface area (Å²) in [5, 5.41) is 3.57. The number of hydrogen-bond acceptors (Lipinski definition) is 4. The minimum absolute atomic E-state index is 0.0189. The third kappa shape index (κ3) is 5.68. The number of nitrogens with one attached hydrogen (secondary N) is 1. The van der Waals surface area contributed by atoms with Crippen LogP contribution in [0.15, 0.2) is 78.7 Å². The van der Waals surface area contributed by atoms with Crippen molar-refractivity contribution < 1.29 is 14.3 Å². The second-order valence-electron chi connectivity index (χ2n) is 8.34. The molecule has 2 aromatic rings. The van der Waals surface area contributed by atoms with Crippen molar-refractivity contribution in [3.8, 4) is 0 Å². The Hall–Kier alpha value is -3.54. The fourth-order valence-corrected chi connectivity index (χ4v) is 4.31. The first kappa shape index (κ1) is 25.1. The number of carbonyl (C=O) groups excluding carboxylic acids is 2. The van der Waals surface area contributed by atoms with Gasteiger partial charge in [-0.2, -0.15) is 0 Å². The van der Waals surface area contributed by atoms with Gasteiger partial charge >= 0.3 is 6.09 Å². The van der Waals surface area contributed by atoms with Crippen molar-refractivity contribution in [3.05, 3.63) is 89.9 Å². The highest BCUT2D eigenvalue weighted by molar-refractivity contribution is 5.96. The zero-order valence-electron chi connectivity index (χ0n) is 20.6. The van der Waals surface area contributed by atoms with Crippen LogP contribution < -0.4 is 5.32 Å². The molecule has 34 heavy (non-hydrogen) atoms. The Kier molecular flexibility index (Phi) is 8.52. The summed E-state index contributed by atoms with van der Waals surface area (Å²) in [6.45, 7) is 9.04. The van der Waals surface area contributed by atoms with Gasteiger partial charge in [0, 0.05) is 36.3 Å². The van der Waals surface area contributed by atoms with Crippen LogP contribution in [0.3, 0.4) is 0 Å². The maximum atomic E-state index is 12.6. The number of benzene rings is 1. The van der Waals surface area contributed by atoms with Gasteiger partial charge in [-0.05, 0) is 68.8 Å². The lowest BCUT2D eigenvalue weighted by atomic mass is 9.84. The van der Waals surface area contributed by atoms with Gasteiger partial charge in [-0.15, -0.1) is 0 Å². The molecular weight excluding hydrogens is 426 g/mol. The predicted octanol–water partition coefficient (Wildman–Crippen LogP) is 5.64. The molecule has 1 saturated heterocycles. The van der Waals surface area contributed by atoms with Crippen LogP contribution in [0.25, 0.3) is 5.70 Å². The minimum Gasteiger partial charge on any atom is -0.445 e. The molecule has 2 aliphatic rings. The lowest BCUT2D eigenvalue weighted by Gasteiger charge is -2.42. The number of fused-ring (bicyclic) bond motifs is 2. The number of ether oxygens (including phenoxy) is 1. The average molecular weight is 462 g/mol. The first-order valence-corrected chi connectivity index (χ1v) is 12.0. The van der Waals surface area contributed by atoms with Gasteiger partial charge in [-0.1, -0.05) is 44.2 Å². The van der Waals surface area contributed by atoms with E-state index in [4.69, 9.17) is 4.74 Å². The Balaban J connectivity index is 0.00000158. The van der Waals surface area contributed by atoms with Gasteiger partial charge in [0.15, 0.2) is 5.78 Å². The van der Waals surface area contributed by atoms with Crippen molar-refractivity contribution in [2.75, 3.05) is 13.1 Å². The van der Waals surface area contributed by atoms with Gasteiger partial charge in [0.1, 0.15) is 6.61 Å². The van der Waals surface area contributed by atoms with E-state index in [2.05, 4.69) is 16.0 Å². The van der Waals surface area contributed by atoms with E-state index in [-0.39, 0.29) is 24.0 Å². The number of hydrogen-bond donors (Lipinski definition) is 1. The number of carbonyl (C=O) groups is 2. The quantitative estimate of drug-likeness (QED) is 0.643. The summed E-state index contributed by atoms with van der Waals surface area (Å²) in [5.41, 5.74) is 3.45. The van der Waals surface area contributed by atoms with Crippen molar-refractivity contribution in [1.82, 2.24) is 14.8 Å². The Bertz CT molecular complexity index is 1070. The van der Waals surface area contributed by atoms with Crippen molar-refractivity contribution >= 4 is 17.6 Å². The molecule has 0 atom stereocenters. The number of rotatable bonds is 3. The molecule has 6 heteroatoms. The topological polar surface area (TPSA) is 63.6 Å². The largest absolute Gasteiger partial charge is 0.445 e. The molecule has 6 nitrogen and oxygen atoms in total. The Labute approximate surface area is 202 Å². The molecule has 1 N–H and O–H groups in total. The van der Waals surface area contributed by atoms with E-state index in [9.17, 15) is 9.59 Å². The summed E-state index contributed by atoms with van der Waals surface area (Å²) in [7, 11) is 0. The van der Waals surface area contributed by atoms with Gasteiger partial charge in [-0.25, -0.2) is 4.79 Å². The molecule has 1 spiro atoms. The Morgan fingerprint density at radius 1 is 1.03 bits per heavy atom. The first-order valence-electron chi connectivity index (χ1n) is 12.0. The number of ketones is 1. The van der Waals surface area contributed by atoms with Crippen LogP contribution in [0.1, 0.15) is 51.8 Å². The third-order valence-corrected chi connectivity index (χ3v) is 6.23. The summed E-state index contributed by atoms with van der Waals surface area (Å²) in [5.74, 6) is 0.0189. The summed E-state index contributed by atoms with van der Waals surface area (Å²) >= 11 is 0. The summed E-state index contributed by atoms with van der Waals surface area (Å²) < 4.78 is 7.69. The third-order valence-electron chi connectivity index (χ3n) is 6.23. The number of piperidine rings is 1. The van der Waals surface area contributed by atoms with Gasteiger partial charge in [-0.3, -0.25) is 4.79 Å². The monoisotopic (exact) mass is 461 g/mol. The number of nitrogens with zero attached hydrogens (tertiary/aromatic N) is 2. The summed E-state index contributed by atoms with van der Waals surface area (Å²) in [6, 6.07) is 13.9. The fourth-order valence-electron chi connectivity index (χ4n) is 4.31.